The number of likely N-dealkylation sites (tertiary alicyclic amines) is 1. The molecule has 0 saturated carbocycles. The summed E-state index contributed by atoms with van der Waals surface area (Å²) in [6, 6.07) is 0. The molecule has 1 aliphatic rings. The molecule has 1 unspecified atom stereocenters. The van der Waals surface area contributed by atoms with Gasteiger partial charge in [0, 0.05) is 19.3 Å². The van der Waals surface area contributed by atoms with Gasteiger partial charge in [-0.2, -0.15) is 0 Å². The Hall–Kier alpha value is -0.620. The zero-order chi connectivity index (χ0) is 13.1. The second kappa shape index (κ2) is 5.82. The molecule has 100 valence electrons. The van der Waals surface area contributed by atoms with Crippen molar-refractivity contribution < 1.29 is 17.9 Å². The maximum atomic E-state index is 11.7. The number of piperidine rings is 1. The van der Waals surface area contributed by atoms with Crippen LogP contribution in [0.2, 0.25) is 0 Å². The Morgan fingerprint density at radius 2 is 1.82 bits per heavy atom. The van der Waals surface area contributed by atoms with Crippen LogP contribution in [0.25, 0.3) is 0 Å². The number of hydrogen-bond acceptors (Lipinski definition) is 4. The van der Waals surface area contributed by atoms with Gasteiger partial charge in [0.1, 0.15) is 5.60 Å². The highest BCUT2D eigenvalue weighted by Crippen LogP contribution is 2.17. The summed E-state index contributed by atoms with van der Waals surface area (Å²) in [4.78, 5) is 13.4. The number of amides is 1. The van der Waals surface area contributed by atoms with E-state index in [-0.39, 0.29) is 12.2 Å². The Bertz CT molecular complexity index is 292. The van der Waals surface area contributed by atoms with Crippen molar-refractivity contribution in [3.05, 3.63) is 0 Å². The number of carbonyl (C=O) groups excluding carboxylic acids is 1. The van der Waals surface area contributed by atoms with Crippen LogP contribution in [0.5, 0.6) is 0 Å². The summed E-state index contributed by atoms with van der Waals surface area (Å²) in [5, 5.41) is 0. The SMILES string of the molecule is CS(=O)OC1CCN(C(=O)OC(C)(C)C)CC1. The molecular formula is C11H21NO4S. The Balaban J connectivity index is 2.36. The van der Waals surface area contributed by atoms with Gasteiger partial charge in [-0.05, 0) is 33.6 Å². The Labute approximate surface area is 105 Å². The summed E-state index contributed by atoms with van der Waals surface area (Å²) in [5.41, 5.74) is -0.463. The minimum Gasteiger partial charge on any atom is -0.444 e. The molecule has 1 fully saturated rings. The maximum Gasteiger partial charge on any atom is 0.410 e. The summed E-state index contributed by atoms with van der Waals surface area (Å²) in [5.74, 6) is 0. The highest BCUT2D eigenvalue weighted by atomic mass is 32.2. The van der Waals surface area contributed by atoms with E-state index in [2.05, 4.69) is 0 Å². The number of rotatable bonds is 2. The second-order valence-corrected chi connectivity index (χ2v) is 6.16. The third kappa shape index (κ3) is 5.50. The largest absolute Gasteiger partial charge is 0.444 e. The molecule has 1 atom stereocenters. The molecule has 0 bridgehead atoms. The predicted octanol–water partition coefficient (Wildman–Crippen LogP) is 1.70. The van der Waals surface area contributed by atoms with Crippen molar-refractivity contribution >= 4 is 17.2 Å². The topological polar surface area (TPSA) is 55.8 Å². The molecule has 0 aromatic heterocycles. The first-order chi connectivity index (χ1) is 7.78. The number of carbonyl (C=O) groups is 1. The first kappa shape index (κ1) is 14.4. The molecule has 6 heteroatoms. The van der Waals surface area contributed by atoms with Crippen molar-refractivity contribution in [3.8, 4) is 0 Å². The van der Waals surface area contributed by atoms with Crippen LogP contribution in [0.3, 0.4) is 0 Å². The zero-order valence-electron chi connectivity index (χ0n) is 10.9. The van der Waals surface area contributed by atoms with Gasteiger partial charge in [0.25, 0.3) is 0 Å². The van der Waals surface area contributed by atoms with Gasteiger partial charge in [-0.3, -0.25) is 4.18 Å². The highest BCUT2D eigenvalue weighted by molar-refractivity contribution is 7.79. The molecule has 1 aliphatic heterocycles. The Morgan fingerprint density at radius 3 is 2.24 bits per heavy atom. The molecule has 0 N–H and O–H groups in total. The minimum absolute atomic E-state index is 0.0143. The fourth-order valence-corrected chi connectivity index (χ4v) is 2.23. The summed E-state index contributed by atoms with van der Waals surface area (Å²) >= 11 is -1.24. The van der Waals surface area contributed by atoms with Gasteiger partial charge in [0.05, 0.1) is 6.10 Å². The summed E-state index contributed by atoms with van der Waals surface area (Å²) in [6.07, 6.45) is 2.63. The van der Waals surface area contributed by atoms with Crippen LogP contribution in [0.4, 0.5) is 4.79 Å². The van der Waals surface area contributed by atoms with Crippen molar-refractivity contribution in [2.75, 3.05) is 19.3 Å². The highest BCUT2D eigenvalue weighted by Gasteiger charge is 2.27. The molecule has 5 nitrogen and oxygen atoms in total. The third-order valence-corrected chi connectivity index (χ3v) is 2.91. The zero-order valence-corrected chi connectivity index (χ0v) is 11.7. The van der Waals surface area contributed by atoms with E-state index in [1.165, 1.54) is 6.26 Å². The van der Waals surface area contributed by atoms with E-state index in [1.807, 2.05) is 20.8 Å². The standard InChI is InChI=1S/C11H21NO4S/c1-11(2,3)15-10(13)12-7-5-9(6-8-12)16-17(4)14/h9H,5-8H2,1-4H3. The number of hydrogen-bond donors (Lipinski definition) is 0. The van der Waals surface area contributed by atoms with Gasteiger partial charge < -0.3 is 9.64 Å². The fourth-order valence-electron chi connectivity index (χ4n) is 1.65. The smallest absolute Gasteiger partial charge is 0.410 e. The second-order valence-electron chi connectivity index (χ2n) is 5.16. The number of nitrogens with zero attached hydrogens (tertiary/aromatic N) is 1. The monoisotopic (exact) mass is 263 g/mol. The summed E-state index contributed by atoms with van der Waals surface area (Å²) in [7, 11) is 0. The van der Waals surface area contributed by atoms with Gasteiger partial charge >= 0.3 is 6.09 Å². The van der Waals surface area contributed by atoms with E-state index in [9.17, 15) is 9.00 Å². The lowest BCUT2D eigenvalue weighted by molar-refractivity contribution is 0.0138. The average molecular weight is 263 g/mol. The quantitative estimate of drug-likeness (QED) is 0.761. The van der Waals surface area contributed by atoms with E-state index in [0.717, 1.165) is 0 Å². The van der Waals surface area contributed by atoms with Crippen molar-refractivity contribution in [2.45, 2.75) is 45.3 Å². The molecule has 1 rings (SSSR count). The third-order valence-electron chi connectivity index (χ3n) is 2.37. The molecule has 1 heterocycles. The minimum atomic E-state index is -1.24. The molecular weight excluding hydrogens is 242 g/mol. The first-order valence-electron chi connectivity index (χ1n) is 5.76. The lowest BCUT2D eigenvalue weighted by Crippen LogP contribution is -2.43. The maximum absolute atomic E-state index is 11.7. The van der Waals surface area contributed by atoms with Crippen LogP contribution >= 0.6 is 0 Å². The first-order valence-corrected chi connectivity index (χ1v) is 7.25. The average Bonchev–Trinajstić information content (AvgIpc) is 2.15. The lowest BCUT2D eigenvalue weighted by atomic mass is 10.1. The van der Waals surface area contributed by atoms with Gasteiger partial charge in [-0.25, -0.2) is 9.00 Å². The van der Waals surface area contributed by atoms with Crippen LogP contribution in [-0.2, 0) is 20.0 Å². The van der Waals surface area contributed by atoms with Crippen molar-refractivity contribution in [2.24, 2.45) is 0 Å². The van der Waals surface area contributed by atoms with Gasteiger partial charge in [-0.1, -0.05) is 0 Å². The lowest BCUT2D eigenvalue weighted by Gasteiger charge is -2.32. The summed E-state index contributed by atoms with van der Waals surface area (Å²) in [6.45, 7) is 6.73. The molecule has 1 amide bonds. The van der Waals surface area contributed by atoms with Crippen molar-refractivity contribution in [1.82, 2.24) is 4.90 Å². The van der Waals surface area contributed by atoms with Crippen LogP contribution in [0, 0.1) is 0 Å². The van der Waals surface area contributed by atoms with Crippen molar-refractivity contribution in [1.29, 1.82) is 0 Å². The van der Waals surface area contributed by atoms with Crippen LogP contribution in [0.15, 0.2) is 0 Å². The normalized spacial score (nSPS) is 20.1. The fraction of sp³-hybridized carbons (Fsp3) is 0.909. The number of ether oxygens (including phenoxy) is 1. The van der Waals surface area contributed by atoms with E-state index in [0.29, 0.717) is 25.9 Å². The molecule has 0 aliphatic carbocycles. The van der Waals surface area contributed by atoms with Crippen molar-refractivity contribution in [3.63, 3.8) is 0 Å². The van der Waals surface area contributed by atoms with Crippen LogP contribution in [0.1, 0.15) is 33.6 Å². The predicted molar refractivity (Wildman–Crippen MR) is 66.0 cm³/mol. The van der Waals surface area contributed by atoms with E-state index >= 15 is 0 Å². The molecule has 0 aromatic carbocycles. The van der Waals surface area contributed by atoms with Gasteiger partial charge in [-0.15, -0.1) is 0 Å². The Kier molecular flexibility index (Phi) is 4.94. The van der Waals surface area contributed by atoms with E-state index < -0.39 is 16.7 Å². The van der Waals surface area contributed by atoms with Gasteiger partial charge in [0.15, 0.2) is 11.1 Å². The van der Waals surface area contributed by atoms with Gasteiger partial charge in [0.2, 0.25) is 0 Å². The molecule has 1 saturated heterocycles. The van der Waals surface area contributed by atoms with E-state index in [1.54, 1.807) is 4.90 Å². The van der Waals surface area contributed by atoms with Crippen LogP contribution < -0.4 is 0 Å². The summed E-state index contributed by atoms with van der Waals surface area (Å²) < 4.78 is 21.4. The molecule has 0 spiro atoms. The molecule has 0 radical (unpaired) electrons. The molecule has 0 aromatic rings. The van der Waals surface area contributed by atoms with Crippen LogP contribution in [-0.4, -0.2) is 46.3 Å². The van der Waals surface area contributed by atoms with E-state index in [4.69, 9.17) is 8.92 Å². The molecule has 17 heavy (non-hydrogen) atoms. The Morgan fingerprint density at radius 1 is 1.29 bits per heavy atom.